The van der Waals surface area contributed by atoms with E-state index in [1.54, 1.807) is 0 Å². The van der Waals surface area contributed by atoms with Crippen molar-refractivity contribution in [2.45, 2.75) is 32.9 Å². The summed E-state index contributed by atoms with van der Waals surface area (Å²) in [6.07, 6.45) is 0. The lowest BCUT2D eigenvalue weighted by molar-refractivity contribution is 0.120. The van der Waals surface area contributed by atoms with Crippen molar-refractivity contribution >= 4 is 10.9 Å². The predicted molar refractivity (Wildman–Crippen MR) is 115 cm³/mol. The second-order valence-electron chi connectivity index (χ2n) is 8.05. The first-order chi connectivity index (χ1) is 14.5. The molecule has 0 bridgehead atoms. The molecule has 0 amide bonds. The predicted octanol–water partition coefficient (Wildman–Crippen LogP) is 1.83. The van der Waals surface area contributed by atoms with Gasteiger partial charge in [0.15, 0.2) is 5.82 Å². The number of aromatic nitrogens is 5. The van der Waals surface area contributed by atoms with Gasteiger partial charge in [-0.3, -0.25) is 9.69 Å². The fraction of sp³-hybridized carbons (Fsp3) is 0.524. The van der Waals surface area contributed by atoms with Crippen LogP contribution in [0.4, 0.5) is 0 Å². The first-order valence-electron chi connectivity index (χ1n) is 10.5. The Morgan fingerprint density at radius 2 is 1.93 bits per heavy atom. The van der Waals surface area contributed by atoms with Crippen LogP contribution in [-0.4, -0.2) is 74.8 Å². The molecule has 9 nitrogen and oxygen atoms in total. The quantitative estimate of drug-likeness (QED) is 0.661. The molecular formula is C21H29N7O2. The summed E-state index contributed by atoms with van der Waals surface area (Å²) in [5, 5.41) is 13.4. The highest BCUT2D eigenvalue weighted by molar-refractivity contribution is 5.80. The Balaban J connectivity index is 1.85. The van der Waals surface area contributed by atoms with E-state index in [0.29, 0.717) is 18.0 Å². The molecule has 4 rings (SSSR count). The zero-order chi connectivity index (χ0) is 21.3. The maximum absolute atomic E-state index is 13.2. The van der Waals surface area contributed by atoms with Crippen LogP contribution in [0.15, 0.2) is 29.1 Å². The number of hydrogen-bond acceptors (Lipinski definition) is 7. The number of pyridine rings is 1. The molecule has 2 aromatic heterocycles. The van der Waals surface area contributed by atoms with Gasteiger partial charge in [-0.25, -0.2) is 4.68 Å². The normalized spacial score (nSPS) is 17.0. The Hall–Kier alpha value is -2.78. The maximum atomic E-state index is 13.2. The summed E-state index contributed by atoms with van der Waals surface area (Å²) in [6.45, 7) is 10.2. The molecule has 30 heavy (non-hydrogen) atoms. The Labute approximate surface area is 175 Å². The van der Waals surface area contributed by atoms with Crippen molar-refractivity contribution in [3.05, 3.63) is 46.0 Å². The molecule has 1 fully saturated rings. The maximum Gasteiger partial charge on any atom is 0.253 e. The standard InChI is InChI=1S/C21H29N7O2/c1-5-30-16-6-7-18-15(12-16)13-17(21(29)22-18)19(27-10-8-26(4)9-11-27)20-23-24-25-28(20)14(2)3/h6-7,12-14,19H,5,8-11H2,1-4H3,(H,22,29)/t19-/m1/s1. The molecule has 0 saturated carbocycles. The number of likely N-dealkylation sites (N-methyl/N-ethyl adjacent to an activating group) is 1. The van der Waals surface area contributed by atoms with E-state index in [9.17, 15) is 4.79 Å². The number of benzene rings is 1. The summed E-state index contributed by atoms with van der Waals surface area (Å²) in [5.41, 5.74) is 1.32. The monoisotopic (exact) mass is 411 g/mol. The van der Waals surface area contributed by atoms with Gasteiger partial charge in [-0.15, -0.1) is 5.10 Å². The molecule has 1 aliphatic rings. The number of piperazine rings is 1. The molecule has 0 spiro atoms. The first-order valence-corrected chi connectivity index (χ1v) is 10.5. The molecule has 1 aliphatic heterocycles. The van der Waals surface area contributed by atoms with Gasteiger partial charge in [0.1, 0.15) is 11.8 Å². The number of aromatic amines is 1. The van der Waals surface area contributed by atoms with Crippen molar-refractivity contribution in [1.82, 2.24) is 35.0 Å². The van der Waals surface area contributed by atoms with Gasteiger partial charge < -0.3 is 14.6 Å². The van der Waals surface area contributed by atoms with Gasteiger partial charge in [0, 0.05) is 42.6 Å². The van der Waals surface area contributed by atoms with Gasteiger partial charge in [0.2, 0.25) is 0 Å². The molecule has 1 atom stereocenters. The second-order valence-corrected chi connectivity index (χ2v) is 8.05. The van der Waals surface area contributed by atoms with Crippen LogP contribution in [0, 0.1) is 0 Å². The van der Waals surface area contributed by atoms with Crippen LogP contribution in [0.25, 0.3) is 10.9 Å². The summed E-state index contributed by atoms with van der Waals surface area (Å²) in [5.74, 6) is 1.48. The fourth-order valence-electron chi connectivity index (χ4n) is 3.99. The molecule has 0 aliphatic carbocycles. The first kappa shape index (κ1) is 20.5. The molecule has 1 N–H and O–H groups in total. The van der Waals surface area contributed by atoms with E-state index in [4.69, 9.17) is 4.74 Å². The average molecular weight is 412 g/mol. The number of nitrogens with zero attached hydrogens (tertiary/aromatic N) is 6. The van der Waals surface area contributed by atoms with Gasteiger partial charge in [0.25, 0.3) is 5.56 Å². The van der Waals surface area contributed by atoms with E-state index in [-0.39, 0.29) is 17.6 Å². The number of fused-ring (bicyclic) bond motifs is 1. The molecule has 0 unspecified atom stereocenters. The molecular weight excluding hydrogens is 382 g/mol. The van der Waals surface area contributed by atoms with Crippen molar-refractivity contribution in [1.29, 1.82) is 0 Å². The largest absolute Gasteiger partial charge is 0.494 e. The highest BCUT2D eigenvalue weighted by Gasteiger charge is 2.32. The SMILES string of the molecule is CCOc1ccc2[nH]c(=O)c([C@H](c3nnnn3C(C)C)N3CCN(C)CC3)cc2c1. The van der Waals surface area contributed by atoms with Crippen LogP contribution in [-0.2, 0) is 0 Å². The van der Waals surface area contributed by atoms with Crippen molar-refractivity contribution in [2.75, 3.05) is 39.8 Å². The number of rotatable bonds is 6. The third-order valence-corrected chi connectivity index (χ3v) is 5.61. The van der Waals surface area contributed by atoms with Gasteiger partial charge in [-0.1, -0.05) is 0 Å². The van der Waals surface area contributed by atoms with Crippen molar-refractivity contribution in [2.24, 2.45) is 0 Å². The van der Waals surface area contributed by atoms with Crippen LogP contribution in [0.1, 0.15) is 44.2 Å². The van der Waals surface area contributed by atoms with Crippen LogP contribution in [0.3, 0.4) is 0 Å². The summed E-state index contributed by atoms with van der Waals surface area (Å²) in [6, 6.07) is 7.45. The molecule has 160 valence electrons. The van der Waals surface area contributed by atoms with E-state index >= 15 is 0 Å². The van der Waals surface area contributed by atoms with Gasteiger partial charge in [-0.2, -0.15) is 0 Å². The van der Waals surface area contributed by atoms with Gasteiger partial charge >= 0.3 is 0 Å². The lowest BCUT2D eigenvalue weighted by Crippen LogP contribution is -2.47. The van der Waals surface area contributed by atoms with E-state index in [0.717, 1.165) is 42.8 Å². The summed E-state index contributed by atoms with van der Waals surface area (Å²) < 4.78 is 7.46. The Morgan fingerprint density at radius 1 is 1.17 bits per heavy atom. The van der Waals surface area contributed by atoms with Crippen LogP contribution >= 0.6 is 0 Å². The van der Waals surface area contributed by atoms with E-state index < -0.39 is 0 Å². The highest BCUT2D eigenvalue weighted by Crippen LogP contribution is 2.29. The number of ether oxygens (including phenoxy) is 1. The zero-order valence-corrected chi connectivity index (χ0v) is 18.0. The van der Waals surface area contributed by atoms with E-state index in [2.05, 4.69) is 37.4 Å². The molecule has 1 aromatic carbocycles. The Bertz CT molecular complexity index is 1070. The summed E-state index contributed by atoms with van der Waals surface area (Å²) in [7, 11) is 2.11. The van der Waals surface area contributed by atoms with E-state index in [1.165, 1.54) is 0 Å². The molecule has 0 radical (unpaired) electrons. The smallest absolute Gasteiger partial charge is 0.253 e. The number of hydrogen-bond donors (Lipinski definition) is 1. The average Bonchev–Trinajstić information content (AvgIpc) is 3.20. The molecule has 3 aromatic rings. The number of tetrazole rings is 1. The molecule has 9 heteroatoms. The topological polar surface area (TPSA) is 92.2 Å². The fourth-order valence-corrected chi connectivity index (χ4v) is 3.99. The zero-order valence-electron chi connectivity index (χ0n) is 18.0. The van der Waals surface area contributed by atoms with Crippen LogP contribution in [0.2, 0.25) is 0 Å². The van der Waals surface area contributed by atoms with Crippen molar-refractivity contribution in [3.63, 3.8) is 0 Å². The van der Waals surface area contributed by atoms with Crippen LogP contribution < -0.4 is 10.3 Å². The Kier molecular flexibility index (Phi) is 5.83. The lowest BCUT2D eigenvalue weighted by Gasteiger charge is -2.37. The minimum absolute atomic E-state index is 0.0917. The number of H-pyrrole nitrogens is 1. The third kappa shape index (κ3) is 3.95. The van der Waals surface area contributed by atoms with E-state index in [1.807, 2.05) is 49.7 Å². The minimum Gasteiger partial charge on any atom is -0.494 e. The third-order valence-electron chi connectivity index (χ3n) is 5.61. The van der Waals surface area contributed by atoms with Gasteiger partial charge in [-0.05, 0) is 62.5 Å². The minimum atomic E-state index is -0.319. The van der Waals surface area contributed by atoms with Crippen molar-refractivity contribution in [3.8, 4) is 5.75 Å². The van der Waals surface area contributed by atoms with Crippen molar-refractivity contribution < 1.29 is 4.74 Å². The highest BCUT2D eigenvalue weighted by atomic mass is 16.5. The molecule has 3 heterocycles. The summed E-state index contributed by atoms with van der Waals surface area (Å²) >= 11 is 0. The summed E-state index contributed by atoms with van der Waals surface area (Å²) in [4.78, 5) is 20.8. The Morgan fingerprint density at radius 3 is 2.63 bits per heavy atom. The molecule has 1 saturated heterocycles. The van der Waals surface area contributed by atoms with Gasteiger partial charge in [0.05, 0.1) is 12.6 Å². The number of nitrogens with one attached hydrogen (secondary N) is 1. The van der Waals surface area contributed by atoms with Crippen LogP contribution in [0.5, 0.6) is 5.75 Å². The second kappa shape index (κ2) is 8.53. The lowest BCUT2D eigenvalue weighted by atomic mass is 10.0.